The van der Waals surface area contributed by atoms with Crippen molar-refractivity contribution in [1.29, 1.82) is 0 Å². The van der Waals surface area contributed by atoms with E-state index < -0.39 is 34.6 Å². The maximum atomic E-state index is 14.5. The van der Waals surface area contributed by atoms with Crippen LogP contribution in [-0.4, -0.2) is 44.7 Å². The van der Waals surface area contributed by atoms with Crippen molar-refractivity contribution in [2.24, 2.45) is 7.05 Å². The number of aliphatic hydroxyl groups excluding tert-OH is 1. The Balaban J connectivity index is 1.69. The summed E-state index contributed by atoms with van der Waals surface area (Å²) < 4.78 is 30.2. The Morgan fingerprint density at radius 2 is 2.00 bits per heavy atom. The van der Waals surface area contributed by atoms with Gasteiger partial charge in [-0.3, -0.25) is 10.1 Å². The van der Waals surface area contributed by atoms with Crippen molar-refractivity contribution in [2.45, 2.75) is 89.1 Å². The van der Waals surface area contributed by atoms with Gasteiger partial charge in [-0.1, -0.05) is 70.2 Å². The molecule has 2 aliphatic carbocycles. The Labute approximate surface area is 240 Å². The van der Waals surface area contributed by atoms with E-state index >= 15 is 0 Å². The van der Waals surface area contributed by atoms with Gasteiger partial charge in [0, 0.05) is 19.1 Å². The lowest BCUT2D eigenvalue weighted by Gasteiger charge is -2.41. The first kappa shape index (κ1) is 30.4. The van der Waals surface area contributed by atoms with Crippen LogP contribution in [-0.2, 0) is 18.0 Å². The number of nitro groups is 1. The number of halogens is 2. The quantitative estimate of drug-likeness (QED) is 0.205. The Bertz CT molecular complexity index is 1410. The first-order valence-corrected chi connectivity index (χ1v) is 14.0. The standard InChI is InChI=1S/C31H39F2N5O3/c1-20-28(38(40)41)29(37(5)36-20)35-27(21-16-24(32)12-13-25(33)17-21)26(39)19-34-31(14-7-6-8-15-31)23-11-9-10-22(18-23)30(2,3)4/h9-11,16-18,24,26-27,34-35,39H,6-8,14-15,19H2,1-5H3. The van der Waals surface area contributed by atoms with E-state index in [1.54, 1.807) is 0 Å². The molecule has 0 aliphatic heterocycles. The van der Waals surface area contributed by atoms with E-state index in [0.717, 1.165) is 49.8 Å². The van der Waals surface area contributed by atoms with Gasteiger partial charge in [0.2, 0.25) is 5.82 Å². The van der Waals surface area contributed by atoms with Crippen LogP contribution in [0, 0.1) is 28.9 Å². The predicted molar refractivity (Wildman–Crippen MR) is 156 cm³/mol. The highest BCUT2D eigenvalue weighted by molar-refractivity contribution is 5.61. The normalized spacial score (nSPS) is 20.1. The van der Waals surface area contributed by atoms with Gasteiger partial charge in [0.15, 0.2) is 12.0 Å². The number of nitrogens with zero attached hydrogens (tertiary/aromatic N) is 3. The van der Waals surface area contributed by atoms with Crippen molar-refractivity contribution in [3.63, 3.8) is 0 Å². The topological polar surface area (TPSA) is 105 Å². The van der Waals surface area contributed by atoms with E-state index in [0.29, 0.717) is 0 Å². The van der Waals surface area contributed by atoms with Gasteiger partial charge >= 0.3 is 5.69 Å². The molecule has 0 saturated heterocycles. The van der Waals surface area contributed by atoms with Gasteiger partial charge in [-0.15, -0.1) is 0 Å². The summed E-state index contributed by atoms with van der Waals surface area (Å²) in [7, 11) is 1.53. The lowest BCUT2D eigenvalue weighted by Crippen LogP contribution is -2.51. The number of hydrogen-bond acceptors (Lipinski definition) is 6. The minimum atomic E-state index is -1.77. The molecule has 0 radical (unpaired) electrons. The molecule has 1 heterocycles. The van der Waals surface area contributed by atoms with Crippen LogP contribution in [0.25, 0.3) is 0 Å². The lowest BCUT2D eigenvalue weighted by molar-refractivity contribution is -0.384. The molecule has 4 rings (SSSR count). The maximum absolute atomic E-state index is 14.5. The maximum Gasteiger partial charge on any atom is 0.333 e. The summed E-state index contributed by atoms with van der Waals surface area (Å²) in [6.45, 7) is 8.07. The molecule has 2 aliphatic rings. The van der Waals surface area contributed by atoms with Gasteiger partial charge in [0.05, 0.1) is 17.1 Å². The fourth-order valence-electron chi connectivity index (χ4n) is 5.77. The van der Waals surface area contributed by atoms with Crippen LogP contribution in [0.2, 0.25) is 0 Å². The Morgan fingerprint density at radius 3 is 2.66 bits per heavy atom. The Morgan fingerprint density at radius 1 is 1.29 bits per heavy atom. The first-order chi connectivity index (χ1) is 19.3. The Kier molecular flexibility index (Phi) is 9.00. The molecule has 3 N–H and O–H groups in total. The van der Waals surface area contributed by atoms with Crippen LogP contribution in [0.3, 0.4) is 0 Å². The van der Waals surface area contributed by atoms with Gasteiger partial charge in [0.25, 0.3) is 0 Å². The molecule has 1 aromatic heterocycles. The molecule has 41 heavy (non-hydrogen) atoms. The molecular weight excluding hydrogens is 528 g/mol. The molecule has 1 fully saturated rings. The minimum Gasteiger partial charge on any atom is -0.389 e. The number of aromatic nitrogens is 2. The van der Waals surface area contributed by atoms with Gasteiger partial charge in [-0.25, -0.2) is 9.07 Å². The number of allylic oxidation sites excluding steroid dienone is 2. The SMILES string of the molecule is Cc1nn(C)c(NC(C2=CC(F)C#CC(F)=C2)C(O)CNC2(c3cccc(C(C)(C)C)c3)CCCCC2)c1[N+](=O)[O-]. The number of aliphatic hydroxyl groups is 1. The second kappa shape index (κ2) is 12.1. The molecule has 3 atom stereocenters. The zero-order valence-corrected chi connectivity index (χ0v) is 24.3. The number of hydrogen-bond donors (Lipinski definition) is 3. The van der Waals surface area contributed by atoms with Crippen LogP contribution < -0.4 is 10.6 Å². The van der Waals surface area contributed by atoms with Crippen LogP contribution in [0.5, 0.6) is 0 Å². The number of nitrogens with one attached hydrogen (secondary N) is 2. The van der Waals surface area contributed by atoms with Gasteiger partial charge in [0.1, 0.15) is 5.69 Å². The highest BCUT2D eigenvalue weighted by Crippen LogP contribution is 2.39. The van der Waals surface area contributed by atoms with Crippen LogP contribution in [0.1, 0.15) is 69.7 Å². The van der Waals surface area contributed by atoms with E-state index in [4.69, 9.17) is 0 Å². The fourth-order valence-corrected chi connectivity index (χ4v) is 5.77. The van der Waals surface area contributed by atoms with E-state index in [9.17, 15) is 24.0 Å². The third-order valence-corrected chi connectivity index (χ3v) is 8.01. The minimum absolute atomic E-state index is 0.0251. The number of aryl methyl sites for hydroxylation is 2. The summed E-state index contributed by atoms with van der Waals surface area (Å²) in [6.07, 6.45) is 4.08. The number of rotatable bonds is 9. The zero-order chi connectivity index (χ0) is 29.9. The summed E-state index contributed by atoms with van der Waals surface area (Å²) in [5, 5.41) is 34.2. The third-order valence-electron chi connectivity index (χ3n) is 8.01. The summed E-state index contributed by atoms with van der Waals surface area (Å²) in [5.41, 5.74) is 1.90. The van der Waals surface area contributed by atoms with E-state index in [1.165, 1.54) is 24.2 Å². The molecule has 0 amide bonds. The molecule has 220 valence electrons. The molecule has 10 heteroatoms. The smallest absolute Gasteiger partial charge is 0.333 e. The van der Waals surface area contributed by atoms with E-state index in [1.807, 2.05) is 0 Å². The van der Waals surface area contributed by atoms with Gasteiger partial charge in [-0.05, 0) is 60.0 Å². The second-order valence-electron chi connectivity index (χ2n) is 12.0. The highest BCUT2D eigenvalue weighted by atomic mass is 19.1. The molecule has 1 saturated carbocycles. The largest absolute Gasteiger partial charge is 0.389 e. The van der Waals surface area contributed by atoms with Crippen molar-refractivity contribution in [3.8, 4) is 11.8 Å². The predicted octanol–water partition coefficient (Wildman–Crippen LogP) is 5.66. The Hall–Kier alpha value is -3.55. The van der Waals surface area contributed by atoms with Crippen molar-refractivity contribution >= 4 is 11.5 Å². The molecule has 2 aromatic rings. The van der Waals surface area contributed by atoms with Crippen molar-refractivity contribution in [2.75, 3.05) is 11.9 Å². The summed E-state index contributed by atoms with van der Waals surface area (Å²) in [6, 6.07) is 7.40. The average Bonchev–Trinajstić information content (AvgIpc) is 3.09. The van der Waals surface area contributed by atoms with E-state index in [-0.39, 0.29) is 34.7 Å². The first-order valence-electron chi connectivity index (χ1n) is 14.0. The van der Waals surface area contributed by atoms with Crippen molar-refractivity contribution in [1.82, 2.24) is 15.1 Å². The van der Waals surface area contributed by atoms with Crippen molar-refractivity contribution in [3.05, 3.63) is 74.8 Å². The van der Waals surface area contributed by atoms with Crippen LogP contribution >= 0.6 is 0 Å². The second-order valence-corrected chi connectivity index (χ2v) is 12.0. The molecular formula is C31H39F2N5O3. The van der Waals surface area contributed by atoms with Crippen LogP contribution in [0.15, 0.2) is 47.8 Å². The molecule has 3 unspecified atom stereocenters. The monoisotopic (exact) mass is 567 g/mol. The summed E-state index contributed by atoms with van der Waals surface area (Å²) in [5.74, 6) is 3.46. The third kappa shape index (κ3) is 6.85. The fraction of sp³-hybridized carbons (Fsp3) is 0.516. The summed E-state index contributed by atoms with van der Waals surface area (Å²) in [4.78, 5) is 11.3. The molecule has 1 aromatic carbocycles. The molecule has 8 nitrogen and oxygen atoms in total. The molecule has 0 spiro atoms. The highest BCUT2D eigenvalue weighted by Gasteiger charge is 2.37. The van der Waals surface area contributed by atoms with Gasteiger partial charge < -0.3 is 15.7 Å². The van der Waals surface area contributed by atoms with E-state index in [2.05, 4.69) is 72.6 Å². The number of benzene rings is 1. The number of alkyl halides is 1. The van der Waals surface area contributed by atoms with Crippen molar-refractivity contribution < 1.29 is 18.8 Å². The zero-order valence-electron chi connectivity index (χ0n) is 24.3. The summed E-state index contributed by atoms with van der Waals surface area (Å²) >= 11 is 0. The van der Waals surface area contributed by atoms with Crippen LogP contribution in [0.4, 0.5) is 20.3 Å². The van der Waals surface area contributed by atoms with Gasteiger partial charge in [-0.2, -0.15) is 9.49 Å². The lowest BCUT2D eigenvalue weighted by atomic mass is 9.74. The number of anilines is 1. The average molecular weight is 568 g/mol. The molecule has 0 bridgehead atoms.